The Labute approximate surface area is 205 Å². The van der Waals surface area contributed by atoms with Crippen LogP contribution in [0.3, 0.4) is 0 Å². The lowest BCUT2D eigenvalue weighted by molar-refractivity contribution is -0.133. The summed E-state index contributed by atoms with van der Waals surface area (Å²) < 4.78 is 0. The number of piperidine rings is 1. The molecule has 1 saturated heterocycles. The lowest BCUT2D eigenvalue weighted by Gasteiger charge is -2.30. The van der Waals surface area contributed by atoms with Gasteiger partial charge in [-0.2, -0.15) is 9.97 Å². The number of H-pyrrole nitrogens is 1. The standard InChI is InChI=1S/C26H32N8O/c1-33(2)25(35)20-16-6-7-17(14-16)21(20)30-24-22-23(28-15-27-22)31-26(32-24)29-18-8-10-19(11-9-18)34-12-4-3-5-13-34/h6-11,15-17,20-21H,3-5,12-14H2,1-2H3,(H3,27,28,29,30,31,32). The van der Waals surface area contributed by atoms with Crippen molar-refractivity contribution in [1.29, 1.82) is 0 Å². The first-order valence-electron chi connectivity index (χ1n) is 12.6. The van der Waals surface area contributed by atoms with Crippen LogP contribution >= 0.6 is 0 Å². The predicted molar refractivity (Wildman–Crippen MR) is 138 cm³/mol. The molecule has 2 aliphatic carbocycles. The maximum absolute atomic E-state index is 13.0. The van der Waals surface area contributed by atoms with Gasteiger partial charge in [-0.3, -0.25) is 4.79 Å². The van der Waals surface area contributed by atoms with E-state index in [0.717, 1.165) is 30.7 Å². The highest BCUT2D eigenvalue weighted by molar-refractivity contribution is 5.86. The third-order valence-corrected chi connectivity index (χ3v) is 7.62. The van der Waals surface area contributed by atoms with E-state index < -0.39 is 0 Å². The number of allylic oxidation sites excluding steroid dienone is 1. The van der Waals surface area contributed by atoms with Crippen LogP contribution in [-0.4, -0.2) is 64.0 Å². The highest BCUT2D eigenvalue weighted by Gasteiger charge is 2.49. The van der Waals surface area contributed by atoms with E-state index in [1.807, 2.05) is 14.1 Å². The van der Waals surface area contributed by atoms with E-state index in [1.54, 1.807) is 11.2 Å². The van der Waals surface area contributed by atoms with Crippen molar-refractivity contribution in [2.24, 2.45) is 17.8 Å². The molecule has 2 fully saturated rings. The number of nitrogens with zero attached hydrogens (tertiary/aromatic N) is 5. The van der Waals surface area contributed by atoms with Gasteiger partial charge in [0, 0.05) is 44.6 Å². The monoisotopic (exact) mass is 472 g/mol. The molecular formula is C26H32N8O. The van der Waals surface area contributed by atoms with Gasteiger partial charge in [0.25, 0.3) is 0 Å². The minimum absolute atomic E-state index is 0.0158. The van der Waals surface area contributed by atoms with E-state index in [2.05, 4.69) is 66.9 Å². The maximum Gasteiger partial charge on any atom is 0.231 e. The Balaban J connectivity index is 1.25. The van der Waals surface area contributed by atoms with Gasteiger partial charge >= 0.3 is 0 Å². The minimum Gasteiger partial charge on any atom is -0.372 e. The van der Waals surface area contributed by atoms with E-state index >= 15 is 0 Å². The average molecular weight is 473 g/mol. The molecule has 2 aromatic heterocycles. The molecule has 3 aromatic rings. The van der Waals surface area contributed by atoms with Gasteiger partial charge in [0.1, 0.15) is 5.52 Å². The second-order valence-corrected chi connectivity index (χ2v) is 10.1. The van der Waals surface area contributed by atoms with Crippen molar-refractivity contribution in [2.45, 2.75) is 31.7 Å². The van der Waals surface area contributed by atoms with Crippen LogP contribution in [0.5, 0.6) is 0 Å². The second-order valence-electron chi connectivity index (χ2n) is 10.1. The van der Waals surface area contributed by atoms with Crippen LogP contribution in [0.4, 0.5) is 23.1 Å². The summed E-state index contributed by atoms with van der Waals surface area (Å²) in [7, 11) is 3.65. The molecule has 6 rings (SSSR count). The predicted octanol–water partition coefficient (Wildman–Crippen LogP) is 3.78. The van der Waals surface area contributed by atoms with E-state index in [1.165, 1.54) is 24.9 Å². The van der Waals surface area contributed by atoms with Crippen LogP contribution in [0, 0.1) is 17.8 Å². The van der Waals surface area contributed by atoms with Gasteiger partial charge in [-0.25, -0.2) is 4.98 Å². The topological polar surface area (TPSA) is 102 Å². The lowest BCUT2D eigenvalue weighted by atomic mass is 9.87. The third-order valence-electron chi connectivity index (χ3n) is 7.62. The van der Waals surface area contributed by atoms with Gasteiger partial charge in [0.05, 0.1) is 12.2 Å². The molecule has 9 heteroatoms. The molecule has 35 heavy (non-hydrogen) atoms. The highest BCUT2D eigenvalue weighted by atomic mass is 16.2. The number of anilines is 4. The second kappa shape index (κ2) is 8.87. The van der Waals surface area contributed by atoms with Crippen LogP contribution < -0.4 is 15.5 Å². The van der Waals surface area contributed by atoms with E-state index in [-0.39, 0.29) is 23.8 Å². The van der Waals surface area contributed by atoms with Crippen molar-refractivity contribution < 1.29 is 4.79 Å². The number of carbonyl (C=O) groups excluding carboxylic acids is 1. The maximum atomic E-state index is 13.0. The van der Waals surface area contributed by atoms with Crippen LogP contribution in [0.25, 0.3) is 11.2 Å². The molecule has 4 unspecified atom stereocenters. The van der Waals surface area contributed by atoms with Gasteiger partial charge in [0.15, 0.2) is 11.5 Å². The zero-order valence-corrected chi connectivity index (χ0v) is 20.2. The zero-order chi connectivity index (χ0) is 23.9. The Morgan fingerprint density at radius 3 is 2.60 bits per heavy atom. The summed E-state index contributed by atoms with van der Waals surface area (Å²) in [5.74, 6) is 1.77. The number of aromatic amines is 1. The largest absolute Gasteiger partial charge is 0.372 e. The Kier molecular flexibility index (Phi) is 5.54. The Morgan fingerprint density at radius 1 is 1.06 bits per heavy atom. The van der Waals surface area contributed by atoms with Crippen molar-refractivity contribution in [1.82, 2.24) is 24.8 Å². The Morgan fingerprint density at radius 2 is 1.83 bits per heavy atom. The molecule has 4 atom stereocenters. The SMILES string of the molecule is CN(C)C(=O)C1C2C=CC(C2)C1Nc1nc(Nc2ccc(N3CCCCC3)cc2)nc2nc[nH]c12. The number of nitrogens with one attached hydrogen (secondary N) is 3. The normalized spacial score (nSPS) is 25.3. The van der Waals surface area contributed by atoms with Crippen molar-refractivity contribution in [2.75, 3.05) is 42.7 Å². The number of imidazole rings is 1. The van der Waals surface area contributed by atoms with Gasteiger partial charge < -0.3 is 25.4 Å². The van der Waals surface area contributed by atoms with Gasteiger partial charge in [-0.1, -0.05) is 12.2 Å². The first-order chi connectivity index (χ1) is 17.1. The number of amides is 1. The third kappa shape index (κ3) is 4.09. The first kappa shape index (κ1) is 21.9. The average Bonchev–Trinajstić information content (AvgIpc) is 3.61. The quantitative estimate of drug-likeness (QED) is 0.469. The number of fused-ring (bicyclic) bond motifs is 3. The fraction of sp³-hybridized carbons (Fsp3) is 0.462. The molecule has 182 valence electrons. The van der Waals surface area contributed by atoms with Crippen molar-refractivity contribution in [3.05, 3.63) is 42.7 Å². The number of aromatic nitrogens is 4. The molecule has 0 spiro atoms. The number of hydrogen-bond donors (Lipinski definition) is 3. The number of carbonyl (C=O) groups is 1. The summed E-state index contributed by atoms with van der Waals surface area (Å²) in [4.78, 5) is 34.1. The van der Waals surface area contributed by atoms with Crippen LogP contribution in [0.2, 0.25) is 0 Å². The molecular weight excluding hydrogens is 440 g/mol. The zero-order valence-electron chi connectivity index (χ0n) is 20.2. The van der Waals surface area contributed by atoms with Crippen molar-refractivity contribution in [3.63, 3.8) is 0 Å². The summed E-state index contributed by atoms with van der Waals surface area (Å²) in [5, 5.41) is 6.94. The van der Waals surface area contributed by atoms with Gasteiger partial charge in [0.2, 0.25) is 11.9 Å². The summed E-state index contributed by atoms with van der Waals surface area (Å²) in [6.45, 7) is 2.24. The number of rotatable bonds is 6. The minimum atomic E-state index is -0.105. The van der Waals surface area contributed by atoms with E-state index in [9.17, 15) is 4.79 Å². The highest BCUT2D eigenvalue weighted by Crippen LogP contribution is 2.46. The molecule has 2 bridgehead atoms. The van der Waals surface area contributed by atoms with E-state index in [0.29, 0.717) is 23.3 Å². The summed E-state index contributed by atoms with van der Waals surface area (Å²) in [5.41, 5.74) is 3.51. The van der Waals surface area contributed by atoms with Crippen LogP contribution in [0.1, 0.15) is 25.7 Å². The molecule has 3 heterocycles. The Hall–Kier alpha value is -3.62. The smallest absolute Gasteiger partial charge is 0.231 e. The fourth-order valence-electron chi connectivity index (χ4n) is 5.84. The van der Waals surface area contributed by atoms with Crippen molar-refractivity contribution in [3.8, 4) is 0 Å². The van der Waals surface area contributed by atoms with Crippen LogP contribution in [0.15, 0.2) is 42.7 Å². The molecule has 3 N–H and O–H groups in total. The number of hydrogen-bond acceptors (Lipinski definition) is 7. The summed E-state index contributed by atoms with van der Waals surface area (Å²) in [6, 6.07) is 8.43. The fourth-order valence-corrected chi connectivity index (χ4v) is 5.84. The first-order valence-corrected chi connectivity index (χ1v) is 12.6. The molecule has 1 aromatic carbocycles. The molecule has 1 saturated carbocycles. The molecule has 1 amide bonds. The van der Waals surface area contributed by atoms with Gasteiger partial charge in [-0.05, 0) is 61.8 Å². The van der Waals surface area contributed by atoms with Crippen molar-refractivity contribution >= 4 is 40.2 Å². The molecule has 1 aliphatic heterocycles. The Bertz CT molecular complexity index is 1240. The van der Waals surface area contributed by atoms with E-state index in [4.69, 9.17) is 4.98 Å². The number of benzene rings is 1. The lowest BCUT2D eigenvalue weighted by Crippen LogP contribution is -2.43. The molecule has 0 radical (unpaired) electrons. The van der Waals surface area contributed by atoms with Gasteiger partial charge in [-0.15, -0.1) is 0 Å². The molecule has 3 aliphatic rings. The summed E-state index contributed by atoms with van der Waals surface area (Å²) in [6.07, 6.45) is 10.9. The van der Waals surface area contributed by atoms with Crippen LogP contribution in [-0.2, 0) is 4.79 Å². The molecule has 9 nitrogen and oxygen atoms in total. The summed E-state index contributed by atoms with van der Waals surface area (Å²) >= 11 is 0.